The van der Waals surface area contributed by atoms with Gasteiger partial charge in [0.25, 0.3) is 11.5 Å². The molecule has 24 heavy (non-hydrogen) atoms. The lowest BCUT2D eigenvalue weighted by atomic mass is 10.0. The van der Waals surface area contributed by atoms with Crippen LogP contribution >= 0.6 is 11.3 Å². The lowest BCUT2D eigenvalue weighted by Crippen LogP contribution is -2.30. The molecule has 3 heterocycles. The van der Waals surface area contributed by atoms with Crippen LogP contribution < -0.4 is 5.56 Å². The molecule has 0 bridgehead atoms. The van der Waals surface area contributed by atoms with E-state index in [0.29, 0.717) is 21.6 Å². The molecule has 6 heteroatoms. The molecule has 1 aliphatic heterocycles. The van der Waals surface area contributed by atoms with Gasteiger partial charge in [-0.15, -0.1) is 11.3 Å². The number of rotatable bonds is 1. The third-order valence-electron chi connectivity index (χ3n) is 4.57. The number of thiophene rings is 1. The molecule has 0 radical (unpaired) electrons. The van der Waals surface area contributed by atoms with E-state index in [1.165, 1.54) is 28.8 Å². The average molecular weight is 339 g/mol. The smallest absolute Gasteiger partial charge is 0.264 e. The first-order valence-corrected chi connectivity index (χ1v) is 8.79. The highest BCUT2D eigenvalue weighted by Gasteiger charge is 2.25. The van der Waals surface area contributed by atoms with E-state index in [1.807, 2.05) is 24.0 Å². The van der Waals surface area contributed by atoms with Gasteiger partial charge in [0, 0.05) is 13.1 Å². The van der Waals surface area contributed by atoms with Gasteiger partial charge in [-0.25, -0.2) is 4.98 Å². The number of amides is 1. The first-order chi connectivity index (χ1) is 11.6. The van der Waals surface area contributed by atoms with Gasteiger partial charge in [-0.3, -0.25) is 9.59 Å². The number of carbonyl (C=O) groups excluding carboxylic acids is 1. The SMILES string of the molecule is Cc1c(C(=O)N2CCCc3ccccc3C2)sc2nc[nH]c(=O)c12. The van der Waals surface area contributed by atoms with E-state index < -0.39 is 0 Å². The van der Waals surface area contributed by atoms with Crippen molar-refractivity contribution in [3.63, 3.8) is 0 Å². The lowest BCUT2D eigenvalue weighted by molar-refractivity contribution is 0.0750. The van der Waals surface area contributed by atoms with Crippen molar-refractivity contribution in [3.8, 4) is 0 Å². The van der Waals surface area contributed by atoms with Crippen molar-refractivity contribution < 1.29 is 4.79 Å². The maximum atomic E-state index is 13.1. The molecule has 0 aliphatic carbocycles. The zero-order valence-corrected chi connectivity index (χ0v) is 14.2. The van der Waals surface area contributed by atoms with Crippen molar-refractivity contribution >= 4 is 27.5 Å². The number of hydrogen-bond donors (Lipinski definition) is 1. The summed E-state index contributed by atoms with van der Waals surface area (Å²) in [5, 5.41) is 0.529. The molecule has 0 unspecified atom stereocenters. The van der Waals surface area contributed by atoms with Crippen LogP contribution in [0.4, 0.5) is 0 Å². The molecule has 1 aliphatic rings. The van der Waals surface area contributed by atoms with Gasteiger partial charge in [0.15, 0.2) is 0 Å². The molecule has 4 rings (SSSR count). The van der Waals surface area contributed by atoms with Crippen LogP contribution in [0.5, 0.6) is 0 Å². The summed E-state index contributed by atoms with van der Waals surface area (Å²) < 4.78 is 0. The van der Waals surface area contributed by atoms with E-state index in [2.05, 4.69) is 22.1 Å². The summed E-state index contributed by atoms with van der Waals surface area (Å²) in [5.41, 5.74) is 3.07. The third kappa shape index (κ3) is 2.43. The normalized spacial score (nSPS) is 14.5. The maximum absolute atomic E-state index is 13.1. The van der Waals surface area contributed by atoms with Crippen LogP contribution in [0, 0.1) is 6.92 Å². The zero-order valence-electron chi connectivity index (χ0n) is 13.3. The topological polar surface area (TPSA) is 66.1 Å². The Morgan fingerprint density at radius 2 is 2.08 bits per heavy atom. The van der Waals surface area contributed by atoms with Crippen LogP contribution in [0.3, 0.4) is 0 Å². The van der Waals surface area contributed by atoms with Gasteiger partial charge >= 0.3 is 0 Å². The molecule has 3 aromatic rings. The highest BCUT2D eigenvalue weighted by molar-refractivity contribution is 7.20. The minimum Gasteiger partial charge on any atom is -0.334 e. The first kappa shape index (κ1) is 15.1. The van der Waals surface area contributed by atoms with Crippen molar-refractivity contribution in [2.75, 3.05) is 6.54 Å². The second-order valence-corrected chi connectivity index (χ2v) is 7.07. The van der Waals surface area contributed by atoms with E-state index in [-0.39, 0.29) is 11.5 Å². The van der Waals surface area contributed by atoms with Gasteiger partial charge in [0.2, 0.25) is 0 Å². The number of benzene rings is 1. The summed E-state index contributed by atoms with van der Waals surface area (Å²) in [7, 11) is 0. The Morgan fingerprint density at radius 1 is 1.29 bits per heavy atom. The van der Waals surface area contributed by atoms with Crippen LogP contribution in [0.1, 0.15) is 32.8 Å². The fourth-order valence-electron chi connectivity index (χ4n) is 3.30. The van der Waals surface area contributed by atoms with Crippen molar-refractivity contribution in [1.82, 2.24) is 14.9 Å². The number of aryl methyl sites for hydroxylation is 2. The second-order valence-electron chi connectivity index (χ2n) is 6.07. The first-order valence-electron chi connectivity index (χ1n) is 7.98. The van der Waals surface area contributed by atoms with Gasteiger partial charge in [-0.05, 0) is 36.5 Å². The van der Waals surface area contributed by atoms with Crippen molar-refractivity contribution in [2.24, 2.45) is 0 Å². The van der Waals surface area contributed by atoms with Gasteiger partial charge in [-0.2, -0.15) is 0 Å². The molecule has 1 amide bonds. The Hall–Kier alpha value is -2.47. The summed E-state index contributed by atoms with van der Waals surface area (Å²) in [4.78, 5) is 35.0. The highest BCUT2D eigenvalue weighted by atomic mass is 32.1. The Morgan fingerprint density at radius 3 is 2.88 bits per heavy atom. The molecule has 0 saturated heterocycles. The highest BCUT2D eigenvalue weighted by Crippen LogP contribution is 2.29. The third-order valence-corrected chi connectivity index (χ3v) is 5.76. The zero-order chi connectivity index (χ0) is 16.7. The number of nitrogens with one attached hydrogen (secondary N) is 1. The molecule has 0 atom stereocenters. The number of carbonyl (C=O) groups is 1. The van der Waals surface area contributed by atoms with Crippen molar-refractivity contribution in [3.05, 3.63) is 62.5 Å². The molecule has 0 spiro atoms. The molecule has 1 aromatic carbocycles. The second kappa shape index (κ2) is 5.87. The number of aromatic nitrogens is 2. The van der Waals surface area contributed by atoms with E-state index >= 15 is 0 Å². The largest absolute Gasteiger partial charge is 0.334 e. The van der Waals surface area contributed by atoms with Crippen LogP contribution in [0.15, 0.2) is 35.4 Å². The summed E-state index contributed by atoms with van der Waals surface area (Å²) in [6.45, 7) is 3.17. The number of hydrogen-bond acceptors (Lipinski definition) is 4. The van der Waals surface area contributed by atoms with Gasteiger partial charge < -0.3 is 9.88 Å². The Balaban J connectivity index is 1.73. The summed E-state index contributed by atoms with van der Waals surface area (Å²) >= 11 is 1.31. The van der Waals surface area contributed by atoms with E-state index in [9.17, 15) is 9.59 Å². The standard InChI is InChI=1S/C18H17N3O2S/c1-11-14-16(22)19-10-20-17(14)24-15(11)18(23)21-8-4-7-12-5-2-3-6-13(12)9-21/h2-3,5-6,10H,4,7-9H2,1H3,(H,19,20,22). The van der Waals surface area contributed by atoms with Gasteiger partial charge in [-0.1, -0.05) is 24.3 Å². The van der Waals surface area contributed by atoms with Crippen molar-refractivity contribution in [2.45, 2.75) is 26.3 Å². The summed E-state index contributed by atoms with van der Waals surface area (Å²) in [6, 6.07) is 8.29. The summed E-state index contributed by atoms with van der Waals surface area (Å²) in [6.07, 6.45) is 3.33. The van der Waals surface area contributed by atoms with E-state index in [0.717, 1.165) is 24.9 Å². The number of H-pyrrole nitrogens is 1. The fraction of sp³-hybridized carbons (Fsp3) is 0.278. The molecule has 1 N–H and O–H groups in total. The van der Waals surface area contributed by atoms with Gasteiger partial charge in [0.05, 0.1) is 16.6 Å². The predicted molar refractivity (Wildman–Crippen MR) is 94.5 cm³/mol. The number of nitrogens with zero attached hydrogens (tertiary/aromatic N) is 2. The van der Waals surface area contributed by atoms with Crippen molar-refractivity contribution in [1.29, 1.82) is 0 Å². The number of aromatic amines is 1. The predicted octanol–water partition coefficient (Wildman–Crippen LogP) is 2.88. The van der Waals surface area contributed by atoms with Gasteiger partial charge in [0.1, 0.15) is 4.83 Å². The lowest BCUT2D eigenvalue weighted by Gasteiger charge is -2.20. The maximum Gasteiger partial charge on any atom is 0.264 e. The molecule has 2 aromatic heterocycles. The average Bonchev–Trinajstić information content (AvgIpc) is 2.79. The quantitative estimate of drug-likeness (QED) is 0.741. The van der Waals surface area contributed by atoms with Crippen LogP contribution in [-0.2, 0) is 13.0 Å². The molecule has 0 fully saturated rings. The Labute approximate surface area is 143 Å². The summed E-state index contributed by atoms with van der Waals surface area (Å²) in [5.74, 6) is -0.00777. The Kier molecular flexibility index (Phi) is 3.69. The van der Waals surface area contributed by atoms with E-state index in [1.54, 1.807) is 0 Å². The Bertz CT molecular complexity index is 989. The number of fused-ring (bicyclic) bond motifs is 2. The molecular weight excluding hydrogens is 322 g/mol. The fourth-order valence-corrected chi connectivity index (χ4v) is 4.42. The molecular formula is C18H17N3O2S. The monoisotopic (exact) mass is 339 g/mol. The minimum atomic E-state index is -0.186. The minimum absolute atomic E-state index is 0.00777. The van der Waals surface area contributed by atoms with Crippen LogP contribution in [0.2, 0.25) is 0 Å². The molecule has 0 saturated carbocycles. The van der Waals surface area contributed by atoms with E-state index in [4.69, 9.17) is 0 Å². The molecule has 122 valence electrons. The van der Waals surface area contributed by atoms with Crippen LogP contribution in [0.25, 0.3) is 10.2 Å². The molecule has 5 nitrogen and oxygen atoms in total. The van der Waals surface area contributed by atoms with Crippen LogP contribution in [-0.4, -0.2) is 27.3 Å².